The number of hydrogen-bond acceptors (Lipinski definition) is 0. The molecule has 0 aliphatic heterocycles. The number of rotatable bonds is 2. The highest BCUT2D eigenvalue weighted by molar-refractivity contribution is 6.47. The van der Waals surface area contributed by atoms with Crippen LogP contribution >= 0.6 is 0 Å². The minimum absolute atomic E-state index is 0. The predicted octanol–water partition coefficient (Wildman–Crippen LogP) is 21.4. The Morgan fingerprint density at radius 3 is 1.10 bits per heavy atom. The molecule has 1 aliphatic rings. The topological polar surface area (TPSA) is 0 Å². The zero-order valence-corrected chi connectivity index (χ0v) is 42.2. The van der Waals surface area contributed by atoms with E-state index < -0.39 is 0 Å². The van der Waals surface area contributed by atoms with E-state index in [1.807, 2.05) is 0 Å². The summed E-state index contributed by atoms with van der Waals surface area (Å²) in [6.07, 6.45) is 0. The molecular formula is C72H56. The molecule has 0 spiro atoms. The zero-order valence-electron chi connectivity index (χ0n) is 44.2. The Balaban J connectivity index is 0.00000170. The highest BCUT2D eigenvalue weighted by Gasteiger charge is 2.31. The Morgan fingerprint density at radius 2 is 0.653 bits per heavy atom. The highest BCUT2D eigenvalue weighted by Crippen LogP contribution is 2.58. The Hall–Kier alpha value is -8.06. The van der Waals surface area contributed by atoms with Crippen LogP contribution in [-0.2, 0) is 10.8 Å². The molecule has 0 saturated heterocycles. The van der Waals surface area contributed by atoms with Gasteiger partial charge in [0.05, 0.1) is 0 Å². The minimum Gasteiger partial charge on any atom is -0.0620 e. The van der Waals surface area contributed by atoms with Crippen LogP contribution in [0.15, 0.2) is 170 Å². The molecule has 0 heteroatoms. The molecule has 0 nitrogen and oxygen atoms in total. The van der Waals surface area contributed by atoms with Crippen LogP contribution in [0.2, 0.25) is 0 Å². The lowest BCUT2D eigenvalue weighted by atomic mass is 9.82. The van der Waals surface area contributed by atoms with Crippen molar-refractivity contribution < 1.29 is 4.40 Å². The van der Waals surface area contributed by atoms with Gasteiger partial charge in [0.25, 0.3) is 0 Å². The molecule has 0 saturated carbocycles. The average Bonchev–Trinajstić information content (AvgIpc) is 4.16. The Bertz CT molecular complexity index is 4650. The maximum Gasteiger partial charge on any atom is 0 e. The summed E-state index contributed by atoms with van der Waals surface area (Å²) >= 11 is 0. The van der Waals surface area contributed by atoms with Crippen molar-refractivity contribution >= 4 is 118 Å². The van der Waals surface area contributed by atoms with E-state index in [0.29, 0.717) is 0 Å². The Labute approximate surface area is 423 Å². The molecule has 72 heavy (non-hydrogen) atoms. The lowest BCUT2D eigenvalue weighted by molar-refractivity contribution is 0.590. The third-order valence-corrected chi connectivity index (χ3v) is 17.5. The van der Waals surface area contributed by atoms with Crippen molar-refractivity contribution in [3.05, 3.63) is 192 Å². The van der Waals surface area contributed by atoms with Gasteiger partial charge in [0.1, 0.15) is 0 Å². The van der Waals surface area contributed by atoms with Crippen molar-refractivity contribution in [2.24, 2.45) is 0 Å². The summed E-state index contributed by atoms with van der Waals surface area (Å²) < 4.78 is 10.0. The smallest absolute Gasteiger partial charge is 0 e. The van der Waals surface area contributed by atoms with Crippen molar-refractivity contribution in [1.29, 1.82) is 0 Å². The molecule has 0 unspecified atom stereocenters. The molecule has 0 radical (unpaired) electrons. The second kappa shape index (κ2) is 13.5. The van der Waals surface area contributed by atoms with Crippen LogP contribution in [0.4, 0.5) is 0 Å². The van der Waals surface area contributed by atoms with Gasteiger partial charge in [-0.25, -0.2) is 0 Å². The summed E-state index contributed by atoms with van der Waals surface area (Å²) in [5.74, 6) is 0. The van der Waals surface area contributed by atoms with Crippen molar-refractivity contribution in [1.82, 2.24) is 0 Å². The second-order valence-corrected chi connectivity index (χ2v) is 23.6. The monoisotopic (exact) mass is 923 g/mol. The van der Waals surface area contributed by atoms with Gasteiger partial charge in [-0.05, 0) is 246 Å². The van der Waals surface area contributed by atoms with Crippen LogP contribution in [0.1, 0.15) is 68.2 Å². The Morgan fingerprint density at radius 1 is 0.264 bits per heavy atom. The first-order valence-electron chi connectivity index (χ1n) is 27.0. The van der Waals surface area contributed by atoms with E-state index in [4.69, 9.17) is 2.97 Å². The van der Waals surface area contributed by atoms with Gasteiger partial charge in [0.15, 0.2) is 0 Å². The first-order valence-corrected chi connectivity index (χ1v) is 26.0. The molecule has 15 aromatic carbocycles. The van der Waals surface area contributed by atoms with Crippen molar-refractivity contribution in [3.8, 4) is 44.5 Å². The van der Waals surface area contributed by atoms with Crippen LogP contribution in [0, 0.1) is 13.8 Å². The van der Waals surface area contributed by atoms with Gasteiger partial charge in [-0.1, -0.05) is 175 Å². The van der Waals surface area contributed by atoms with Crippen LogP contribution in [0.5, 0.6) is 0 Å². The van der Waals surface area contributed by atoms with Gasteiger partial charge in [-0.2, -0.15) is 0 Å². The second-order valence-electron chi connectivity index (χ2n) is 23.6. The van der Waals surface area contributed by atoms with Gasteiger partial charge in [-0.3, -0.25) is 0 Å². The quantitative estimate of drug-likeness (QED) is 0.120. The third kappa shape index (κ3) is 5.07. The zero-order chi connectivity index (χ0) is 50.4. The maximum atomic E-state index is 5.00. The van der Waals surface area contributed by atoms with Gasteiger partial charge in [0.2, 0.25) is 0 Å². The summed E-state index contributed by atoms with van der Waals surface area (Å²) in [6.45, 7) is 18.8. The standard InChI is InChI=1S/C72H52.2H2/c1-37-15-9-13-19-44(37)63-60-35-56-57(59-34-43(72(6,7)8)30-41-29-42(71(3,4)5)33-58(56)62(41)59)36-61(60)64(45-20-14-10-16-38(45)2)70-53-28-26-49-47-22-24-51-55-32-40-18-12-11-17-39(40)31-54(55)50-23-21-46(65(47)67(50)51)48-25-27-52(69(63)70)68(53)66(48)49;;/h9-36H,1-8H3;2*1H/i;1+1D;1+1. The fraction of sp³-hybridized carbons (Fsp3) is 0.139. The molecule has 0 fully saturated rings. The molecular weight excluding hydrogens is 865 g/mol. The van der Waals surface area contributed by atoms with E-state index in [-0.39, 0.29) is 12.3 Å². The summed E-state index contributed by atoms with van der Waals surface area (Å²) in [6, 6.07) is 66.8. The van der Waals surface area contributed by atoms with E-state index in [0.717, 1.165) is 0 Å². The molecule has 16 rings (SSSR count). The van der Waals surface area contributed by atoms with Crippen LogP contribution in [0.3, 0.4) is 0 Å². The lowest BCUT2D eigenvalue weighted by Crippen LogP contribution is -2.12. The van der Waals surface area contributed by atoms with Crippen molar-refractivity contribution in [2.45, 2.75) is 66.2 Å². The number of aryl methyl sites for hydroxylation is 2. The average molecular weight is 924 g/mol. The van der Waals surface area contributed by atoms with Gasteiger partial charge < -0.3 is 0 Å². The third-order valence-electron chi connectivity index (χ3n) is 17.5. The molecule has 0 bridgehead atoms. The van der Waals surface area contributed by atoms with E-state index in [1.54, 1.807) is 0 Å². The summed E-state index contributed by atoms with van der Waals surface area (Å²) in [5.41, 5.74) is 16.0. The normalized spacial score (nSPS) is 13.4. The first-order chi connectivity index (χ1) is 35.8. The first kappa shape index (κ1) is 39.6. The fourth-order valence-corrected chi connectivity index (χ4v) is 14.0. The van der Waals surface area contributed by atoms with E-state index in [1.165, 1.54) is 185 Å². The van der Waals surface area contributed by atoms with E-state index >= 15 is 0 Å². The summed E-state index contributed by atoms with van der Waals surface area (Å²) in [7, 11) is 0. The summed E-state index contributed by atoms with van der Waals surface area (Å²) in [4.78, 5) is 0. The van der Waals surface area contributed by atoms with E-state index in [2.05, 4.69) is 225 Å². The Kier molecular flexibility index (Phi) is 7.41. The van der Waals surface area contributed by atoms with E-state index in [9.17, 15) is 0 Å². The van der Waals surface area contributed by atoms with Gasteiger partial charge in [-0.15, -0.1) is 0 Å². The van der Waals surface area contributed by atoms with Gasteiger partial charge >= 0.3 is 0 Å². The van der Waals surface area contributed by atoms with Crippen molar-refractivity contribution in [2.75, 3.05) is 0 Å². The molecule has 0 N–H and O–H groups in total. The number of benzene rings is 13. The number of hydrogen-bond donors (Lipinski definition) is 0. The van der Waals surface area contributed by atoms with Crippen LogP contribution < -0.4 is 0 Å². The van der Waals surface area contributed by atoms with Crippen LogP contribution in [-0.4, -0.2) is 0 Å². The molecule has 15 aromatic rings. The molecule has 0 heterocycles. The highest BCUT2D eigenvalue weighted by atomic mass is 14.3. The van der Waals surface area contributed by atoms with Gasteiger partial charge in [0, 0.05) is 4.40 Å². The molecule has 0 atom stereocenters. The molecule has 0 aromatic heterocycles. The number of fused-ring (bicyclic) bond motifs is 13. The minimum atomic E-state index is -0.00892. The fourth-order valence-electron chi connectivity index (χ4n) is 14.0. The lowest BCUT2D eigenvalue weighted by Gasteiger charge is -2.22. The SMILES string of the molecule is Cc1ccccc1-c1c2cc3c(cc2c(-c2ccccc2C)c2c4ccc5c6ccc7c8c(ccc(c9ccc(c12)c4c95)c86)-c1cc2ccccc2cc1-7)c1cc(C(C)(C)C)cc2cc(C(C)(C)C)cc3c21.[2HH].[2H][2H]. The molecule has 0 amide bonds. The largest absolute Gasteiger partial charge is 0.0620 e. The predicted molar refractivity (Wildman–Crippen MR) is 319 cm³/mol. The maximum absolute atomic E-state index is 5.00. The van der Waals surface area contributed by atoms with Crippen LogP contribution in [0.25, 0.3) is 163 Å². The molecule has 344 valence electrons. The van der Waals surface area contributed by atoms with Crippen molar-refractivity contribution in [3.63, 3.8) is 0 Å². The molecule has 1 aliphatic carbocycles. The summed E-state index contributed by atoms with van der Waals surface area (Å²) in [5, 5.41) is 29.6.